The topological polar surface area (TPSA) is 54.0 Å². The van der Waals surface area contributed by atoms with Gasteiger partial charge in [0.15, 0.2) is 0 Å². The minimum atomic E-state index is -0.189. The highest BCUT2D eigenvalue weighted by molar-refractivity contribution is 9.10. The van der Waals surface area contributed by atoms with Gasteiger partial charge in [-0.2, -0.15) is 0 Å². The summed E-state index contributed by atoms with van der Waals surface area (Å²) in [7, 11) is 0. The summed E-state index contributed by atoms with van der Waals surface area (Å²) in [5.74, 6) is 1.20. The Morgan fingerprint density at radius 3 is 2.44 bits per heavy atom. The highest BCUT2D eigenvalue weighted by Crippen LogP contribution is 2.32. The summed E-state index contributed by atoms with van der Waals surface area (Å²) in [6, 6.07) is 24.3. The van der Waals surface area contributed by atoms with Crippen molar-refractivity contribution in [2.45, 2.75) is 13.2 Å². The van der Waals surface area contributed by atoms with Crippen LogP contribution in [0, 0.1) is 0 Å². The number of hydrogen-bond donors (Lipinski definition) is 1. The molecule has 1 amide bonds. The number of rotatable bonds is 10. The SMILES string of the molecule is O=C1NC(=S)S/C1=C\c1ccc(OCCN2CCN(Cc3ccccc3)CC2)cc1OCc1ccccc1Br. The lowest BCUT2D eigenvalue weighted by Gasteiger charge is -2.34. The van der Waals surface area contributed by atoms with Crippen molar-refractivity contribution in [1.82, 2.24) is 15.1 Å². The summed E-state index contributed by atoms with van der Waals surface area (Å²) in [5, 5.41) is 2.66. The average Bonchev–Trinajstić information content (AvgIpc) is 3.27. The molecule has 2 saturated heterocycles. The number of thioether (sulfide) groups is 1. The molecule has 0 spiro atoms. The molecule has 3 aromatic rings. The van der Waals surface area contributed by atoms with Crippen molar-refractivity contribution in [2.75, 3.05) is 39.3 Å². The fraction of sp³-hybridized carbons (Fsp3) is 0.267. The summed E-state index contributed by atoms with van der Waals surface area (Å²) >= 11 is 9.98. The van der Waals surface area contributed by atoms with E-state index in [2.05, 4.69) is 61.4 Å². The Balaban J connectivity index is 1.19. The summed E-state index contributed by atoms with van der Waals surface area (Å²) in [6.07, 6.45) is 1.81. The minimum Gasteiger partial charge on any atom is -0.492 e. The third-order valence-electron chi connectivity index (χ3n) is 6.64. The maximum Gasteiger partial charge on any atom is 0.263 e. The largest absolute Gasteiger partial charge is 0.492 e. The van der Waals surface area contributed by atoms with Gasteiger partial charge in [0.05, 0.1) is 4.91 Å². The monoisotopic (exact) mass is 623 g/mol. The Morgan fingerprint density at radius 2 is 1.69 bits per heavy atom. The van der Waals surface area contributed by atoms with Crippen LogP contribution in [-0.4, -0.2) is 59.4 Å². The van der Waals surface area contributed by atoms with Crippen LogP contribution in [0.5, 0.6) is 11.5 Å². The van der Waals surface area contributed by atoms with Crippen LogP contribution >= 0.6 is 39.9 Å². The lowest BCUT2D eigenvalue weighted by molar-refractivity contribution is -0.115. The van der Waals surface area contributed by atoms with E-state index in [9.17, 15) is 4.79 Å². The van der Waals surface area contributed by atoms with Crippen LogP contribution in [0.25, 0.3) is 6.08 Å². The van der Waals surface area contributed by atoms with Crippen LogP contribution in [0.4, 0.5) is 0 Å². The Labute approximate surface area is 247 Å². The molecule has 0 unspecified atom stereocenters. The maximum absolute atomic E-state index is 12.2. The number of hydrogen-bond acceptors (Lipinski definition) is 7. The van der Waals surface area contributed by atoms with E-state index in [1.165, 1.54) is 17.3 Å². The lowest BCUT2D eigenvalue weighted by Crippen LogP contribution is -2.47. The number of amides is 1. The second-order valence-corrected chi connectivity index (χ2v) is 12.0. The molecule has 1 N–H and O–H groups in total. The number of thiocarbonyl (C=S) groups is 1. The van der Waals surface area contributed by atoms with Gasteiger partial charge >= 0.3 is 0 Å². The Bertz CT molecular complexity index is 1340. The molecule has 5 rings (SSSR count). The molecule has 0 aliphatic carbocycles. The fourth-order valence-electron chi connectivity index (χ4n) is 4.49. The van der Waals surface area contributed by atoms with Gasteiger partial charge in [0.25, 0.3) is 5.91 Å². The van der Waals surface area contributed by atoms with Crippen LogP contribution in [0.1, 0.15) is 16.7 Å². The van der Waals surface area contributed by atoms with Gasteiger partial charge in [-0.25, -0.2) is 0 Å². The van der Waals surface area contributed by atoms with Crippen molar-refractivity contribution < 1.29 is 14.3 Å². The van der Waals surface area contributed by atoms with Crippen LogP contribution in [-0.2, 0) is 17.9 Å². The van der Waals surface area contributed by atoms with Crippen LogP contribution in [0.15, 0.2) is 82.2 Å². The first-order valence-electron chi connectivity index (χ1n) is 12.9. The number of piperazine rings is 1. The average molecular weight is 625 g/mol. The first-order chi connectivity index (χ1) is 19.0. The molecule has 2 heterocycles. The first-order valence-corrected chi connectivity index (χ1v) is 14.9. The standard InChI is InChI=1S/C30H30BrN3O3S2/c31-26-9-5-4-8-24(26)21-37-27-19-25(11-10-23(27)18-28-29(35)32-30(38)39-28)36-17-16-33-12-14-34(15-13-33)20-22-6-2-1-3-7-22/h1-11,18-19H,12-17,20-21H2,(H,32,35,38)/b28-18-. The molecule has 0 bridgehead atoms. The van der Waals surface area contributed by atoms with Gasteiger partial charge < -0.3 is 14.8 Å². The van der Waals surface area contributed by atoms with Gasteiger partial charge in [-0.15, -0.1) is 0 Å². The van der Waals surface area contributed by atoms with Gasteiger partial charge in [-0.3, -0.25) is 14.6 Å². The smallest absolute Gasteiger partial charge is 0.263 e. The van der Waals surface area contributed by atoms with E-state index in [0.29, 0.717) is 28.2 Å². The van der Waals surface area contributed by atoms with Crippen molar-refractivity contribution in [2.24, 2.45) is 0 Å². The molecule has 39 heavy (non-hydrogen) atoms. The number of nitrogens with zero attached hydrogens (tertiary/aromatic N) is 2. The number of nitrogens with one attached hydrogen (secondary N) is 1. The molecule has 9 heteroatoms. The van der Waals surface area contributed by atoms with Gasteiger partial charge in [-0.05, 0) is 29.8 Å². The molecule has 202 valence electrons. The number of benzene rings is 3. The van der Waals surface area contributed by atoms with E-state index in [1.54, 1.807) is 0 Å². The third kappa shape index (κ3) is 7.93. The quantitative estimate of drug-likeness (QED) is 0.229. The summed E-state index contributed by atoms with van der Waals surface area (Å²) in [5.41, 5.74) is 3.19. The second kappa shape index (κ2) is 13.6. The molecule has 6 nitrogen and oxygen atoms in total. The zero-order valence-corrected chi connectivity index (χ0v) is 24.7. The Hall–Kier alpha value is -2.69. The van der Waals surface area contributed by atoms with E-state index in [0.717, 1.165) is 60.6 Å². The van der Waals surface area contributed by atoms with Crippen LogP contribution < -0.4 is 14.8 Å². The molecule has 2 aliphatic rings. The highest BCUT2D eigenvalue weighted by atomic mass is 79.9. The molecule has 0 aromatic heterocycles. The summed E-state index contributed by atoms with van der Waals surface area (Å²) in [4.78, 5) is 17.7. The van der Waals surface area contributed by atoms with E-state index in [-0.39, 0.29) is 5.91 Å². The second-order valence-electron chi connectivity index (χ2n) is 9.38. The molecule has 0 saturated carbocycles. The van der Waals surface area contributed by atoms with Crippen molar-refractivity contribution in [3.05, 3.63) is 98.9 Å². The highest BCUT2D eigenvalue weighted by Gasteiger charge is 2.23. The van der Waals surface area contributed by atoms with E-state index >= 15 is 0 Å². The van der Waals surface area contributed by atoms with Crippen LogP contribution in [0.2, 0.25) is 0 Å². The van der Waals surface area contributed by atoms with Gasteiger partial charge in [0.1, 0.15) is 29.0 Å². The zero-order chi connectivity index (χ0) is 27.0. The van der Waals surface area contributed by atoms with E-state index in [4.69, 9.17) is 21.7 Å². The number of ether oxygens (including phenoxy) is 2. The number of carbonyl (C=O) groups excluding carboxylic acids is 1. The third-order valence-corrected chi connectivity index (χ3v) is 8.58. The molecular weight excluding hydrogens is 594 g/mol. The summed E-state index contributed by atoms with van der Waals surface area (Å²) in [6.45, 7) is 7.02. The first kappa shape index (κ1) is 27.9. The molecule has 0 radical (unpaired) electrons. The van der Waals surface area contributed by atoms with Crippen LogP contribution in [0.3, 0.4) is 0 Å². The van der Waals surface area contributed by atoms with Gasteiger partial charge in [0.2, 0.25) is 0 Å². The van der Waals surface area contributed by atoms with Crippen molar-refractivity contribution in [3.8, 4) is 11.5 Å². The van der Waals surface area contributed by atoms with Crippen molar-refractivity contribution in [3.63, 3.8) is 0 Å². The molecular formula is C30H30BrN3O3S2. The zero-order valence-electron chi connectivity index (χ0n) is 21.5. The fourth-order valence-corrected chi connectivity index (χ4v) is 5.92. The predicted molar refractivity (Wildman–Crippen MR) is 165 cm³/mol. The predicted octanol–water partition coefficient (Wildman–Crippen LogP) is 5.71. The molecule has 2 aliphatic heterocycles. The van der Waals surface area contributed by atoms with Crippen molar-refractivity contribution >= 4 is 56.2 Å². The molecule has 2 fully saturated rings. The number of carbonyl (C=O) groups is 1. The normalized spacial score (nSPS) is 17.4. The van der Waals surface area contributed by atoms with Gasteiger partial charge in [0, 0.05) is 60.9 Å². The van der Waals surface area contributed by atoms with Gasteiger partial charge in [-0.1, -0.05) is 88.4 Å². The Kier molecular flexibility index (Phi) is 9.71. The minimum absolute atomic E-state index is 0.189. The number of halogens is 1. The molecule has 3 aromatic carbocycles. The van der Waals surface area contributed by atoms with E-state index < -0.39 is 0 Å². The van der Waals surface area contributed by atoms with E-state index in [1.807, 2.05) is 48.5 Å². The maximum atomic E-state index is 12.2. The summed E-state index contributed by atoms with van der Waals surface area (Å²) < 4.78 is 13.8. The van der Waals surface area contributed by atoms with Crippen molar-refractivity contribution in [1.29, 1.82) is 0 Å². The molecule has 0 atom stereocenters. The Morgan fingerprint density at radius 1 is 0.949 bits per heavy atom. The lowest BCUT2D eigenvalue weighted by atomic mass is 10.1.